The van der Waals surface area contributed by atoms with Gasteiger partial charge < -0.3 is 20.9 Å². The molecule has 1 aliphatic heterocycles. The average Bonchev–Trinajstić information content (AvgIpc) is 2.68. The number of β-amino-alcohol motifs (C(OH)–C–C–N with tert-alkyl or cyclic N) is 1. The fourth-order valence-corrected chi connectivity index (χ4v) is 1.94. The molecular weight excluding hydrogens is 222 g/mol. The predicted octanol–water partition coefficient (Wildman–Crippen LogP) is -0.468. The third kappa shape index (κ3) is 2.28. The second-order valence-electron chi connectivity index (χ2n) is 4.41. The van der Waals surface area contributed by atoms with E-state index < -0.39 is 5.60 Å². The van der Waals surface area contributed by atoms with Crippen LogP contribution in [0.5, 0.6) is 0 Å². The Labute approximate surface area is 98.6 Å². The Kier molecular flexibility index (Phi) is 2.84. The molecule has 1 aliphatic rings. The van der Waals surface area contributed by atoms with Gasteiger partial charge in [0.15, 0.2) is 5.84 Å². The monoisotopic (exact) mass is 237 g/mol. The molecule has 1 atom stereocenters. The summed E-state index contributed by atoms with van der Waals surface area (Å²) in [6.07, 6.45) is 3.55. The second kappa shape index (κ2) is 4.17. The van der Waals surface area contributed by atoms with E-state index in [0.717, 1.165) is 0 Å². The van der Waals surface area contributed by atoms with Crippen LogP contribution in [-0.4, -0.2) is 44.8 Å². The number of anilines is 1. The van der Waals surface area contributed by atoms with Gasteiger partial charge in [0.2, 0.25) is 0 Å². The van der Waals surface area contributed by atoms with E-state index in [1.807, 2.05) is 4.90 Å². The Morgan fingerprint density at radius 2 is 2.41 bits per heavy atom. The van der Waals surface area contributed by atoms with E-state index in [9.17, 15) is 5.11 Å². The van der Waals surface area contributed by atoms with Crippen molar-refractivity contribution in [2.45, 2.75) is 18.9 Å². The number of amidine groups is 1. The maximum absolute atomic E-state index is 9.92. The van der Waals surface area contributed by atoms with Crippen LogP contribution in [0.2, 0.25) is 0 Å². The molecule has 4 N–H and O–H groups in total. The highest BCUT2D eigenvalue weighted by Gasteiger charge is 2.33. The molecule has 0 spiro atoms. The number of rotatable bonds is 2. The smallest absolute Gasteiger partial charge is 0.175 e. The van der Waals surface area contributed by atoms with Gasteiger partial charge in [-0.25, -0.2) is 9.97 Å². The Morgan fingerprint density at radius 3 is 3.00 bits per heavy atom. The predicted molar refractivity (Wildman–Crippen MR) is 62.0 cm³/mol. The van der Waals surface area contributed by atoms with E-state index in [2.05, 4.69) is 15.1 Å². The van der Waals surface area contributed by atoms with Crippen molar-refractivity contribution in [2.75, 3.05) is 18.0 Å². The number of oxime groups is 1. The maximum atomic E-state index is 9.92. The van der Waals surface area contributed by atoms with E-state index >= 15 is 0 Å². The van der Waals surface area contributed by atoms with Gasteiger partial charge in [-0.15, -0.1) is 0 Å². The number of nitrogens with zero attached hydrogens (tertiary/aromatic N) is 4. The molecule has 0 aliphatic carbocycles. The third-order valence-corrected chi connectivity index (χ3v) is 2.83. The fourth-order valence-electron chi connectivity index (χ4n) is 1.94. The molecule has 1 unspecified atom stereocenters. The van der Waals surface area contributed by atoms with Crippen LogP contribution in [0.1, 0.15) is 18.9 Å². The molecular formula is C10H15N5O2. The number of aromatic nitrogens is 2. The third-order valence-electron chi connectivity index (χ3n) is 2.83. The molecule has 2 rings (SSSR count). The van der Waals surface area contributed by atoms with Gasteiger partial charge in [-0.1, -0.05) is 5.16 Å². The van der Waals surface area contributed by atoms with Crippen LogP contribution < -0.4 is 10.6 Å². The van der Waals surface area contributed by atoms with Gasteiger partial charge in [0.05, 0.1) is 11.2 Å². The summed E-state index contributed by atoms with van der Waals surface area (Å²) >= 11 is 0. The van der Waals surface area contributed by atoms with Crippen molar-refractivity contribution < 1.29 is 10.3 Å². The van der Waals surface area contributed by atoms with Gasteiger partial charge in [0.25, 0.3) is 0 Å². The molecule has 7 nitrogen and oxygen atoms in total. The highest BCUT2D eigenvalue weighted by Crippen LogP contribution is 2.26. The molecule has 1 aromatic rings. The second-order valence-corrected chi connectivity index (χ2v) is 4.41. The van der Waals surface area contributed by atoms with Crippen molar-refractivity contribution >= 4 is 11.7 Å². The van der Waals surface area contributed by atoms with Gasteiger partial charge in [0, 0.05) is 19.3 Å². The SMILES string of the molecule is CC1(O)CCN(c2ncncc2C(N)=NO)C1. The number of hydrogen-bond acceptors (Lipinski definition) is 6. The van der Waals surface area contributed by atoms with E-state index in [1.165, 1.54) is 12.5 Å². The Bertz CT molecular complexity index is 446. The largest absolute Gasteiger partial charge is 0.409 e. The molecule has 1 fully saturated rings. The molecule has 2 heterocycles. The molecule has 92 valence electrons. The van der Waals surface area contributed by atoms with Crippen LogP contribution in [0.25, 0.3) is 0 Å². The standard InChI is InChI=1S/C10H15N5O2/c1-10(16)2-3-15(5-10)9-7(8(11)14-17)4-12-6-13-9/h4,6,16-17H,2-3,5H2,1H3,(H2,11,14). The van der Waals surface area contributed by atoms with Crippen molar-refractivity contribution in [2.24, 2.45) is 10.9 Å². The summed E-state index contributed by atoms with van der Waals surface area (Å²) < 4.78 is 0. The molecule has 0 amide bonds. The van der Waals surface area contributed by atoms with Crippen LogP contribution in [-0.2, 0) is 0 Å². The fraction of sp³-hybridized carbons (Fsp3) is 0.500. The van der Waals surface area contributed by atoms with Crippen LogP contribution in [0.4, 0.5) is 5.82 Å². The molecule has 7 heteroatoms. The van der Waals surface area contributed by atoms with Crippen molar-refractivity contribution in [1.82, 2.24) is 9.97 Å². The van der Waals surface area contributed by atoms with Crippen molar-refractivity contribution in [1.29, 1.82) is 0 Å². The molecule has 1 saturated heterocycles. The molecule has 0 saturated carbocycles. The quantitative estimate of drug-likeness (QED) is 0.278. The number of aliphatic hydroxyl groups is 1. The first-order valence-electron chi connectivity index (χ1n) is 5.29. The summed E-state index contributed by atoms with van der Waals surface area (Å²) in [5.41, 5.74) is 5.30. The lowest BCUT2D eigenvalue weighted by Crippen LogP contribution is -2.31. The van der Waals surface area contributed by atoms with Gasteiger partial charge in [-0.05, 0) is 13.3 Å². The highest BCUT2D eigenvalue weighted by molar-refractivity contribution is 6.01. The zero-order chi connectivity index (χ0) is 12.5. The summed E-state index contributed by atoms with van der Waals surface area (Å²) in [4.78, 5) is 9.87. The zero-order valence-corrected chi connectivity index (χ0v) is 9.54. The summed E-state index contributed by atoms with van der Waals surface area (Å²) in [6.45, 7) is 2.92. The Balaban J connectivity index is 2.33. The molecule has 0 aromatic carbocycles. The zero-order valence-electron chi connectivity index (χ0n) is 9.54. The minimum atomic E-state index is -0.729. The normalized spacial score (nSPS) is 25.3. The summed E-state index contributed by atoms with van der Waals surface area (Å²) in [5, 5.41) is 21.6. The van der Waals surface area contributed by atoms with E-state index in [4.69, 9.17) is 10.9 Å². The summed E-state index contributed by atoms with van der Waals surface area (Å²) in [6, 6.07) is 0. The van der Waals surface area contributed by atoms with Gasteiger partial charge in [-0.3, -0.25) is 0 Å². The van der Waals surface area contributed by atoms with Crippen LogP contribution >= 0.6 is 0 Å². The maximum Gasteiger partial charge on any atom is 0.175 e. The first kappa shape index (κ1) is 11.6. The van der Waals surface area contributed by atoms with E-state index in [-0.39, 0.29) is 5.84 Å². The van der Waals surface area contributed by atoms with Crippen molar-refractivity contribution in [3.05, 3.63) is 18.1 Å². The Hall–Kier alpha value is -1.89. The average molecular weight is 237 g/mol. The molecule has 0 bridgehead atoms. The highest BCUT2D eigenvalue weighted by atomic mass is 16.4. The summed E-state index contributed by atoms with van der Waals surface area (Å²) in [5.74, 6) is 0.542. The molecule has 1 aromatic heterocycles. The minimum absolute atomic E-state index is 0.0351. The summed E-state index contributed by atoms with van der Waals surface area (Å²) in [7, 11) is 0. The first-order valence-corrected chi connectivity index (χ1v) is 5.29. The topological polar surface area (TPSA) is 108 Å². The Morgan fingerprint density at radius 1 is 1.65 bits per heavy atom. The van der Waals surface area contributed by atoms with E-state index in [1.54, 1.807) is 6.92 Å². The first-order chi connectivity index (χ1) is 8.03. The molecule has 17 heavy (non-hydrogen) atoms. The minimum Gasteiger partial charge on any atom is -0.409 e. The van der Waals surface area contributed by atoms with Crippen molar-refractivity contribution in [3.63, 3.8) is 0 Å². The van der Waals surface area contributed by atoms with Gasteiger partial charge in [0.1, 0.15) is 12.1 Å². The number of hydrogen-bond donors (Lipinski definition) is 3. The van der Waals surface area contributed by atoms with Crippen LogP contribution in [0.3, 0.4) is 0 Å². The van der Waals surface area contributed by atoms with Crippen LogP contribution in [0.15, 0.2) is 17.7 Å². The van der Waals surface area contributed by atoms with Crippen molar-refractivity contribution in [3.8, 4) is 0 Å². The van der Waals surface area contributed by atoms with Gasteiger partial charge in [-0.2, -0.15) is 0 Å². The van der Waals surface area contributed by atoms with E-state index in [0.29, 0.717) is 30.9 Å². The number of nitrogens with two attached hydrogens (primary N) is 1. The lowest BCUT2D eigenvalue weighted by atomic mass is 10.1. The van der Waals surface area contributed by atoms with Gasteiger partial charge >= 0.3 is 0 Å². The molecule has 0 radical (unpaired) electrons. The van der Waals surface area contributed by atoms with Crippen LogP contribution in [0, 0.1) is 0 Å². The lowest BCUT2D eigenvalue weighted by molar-refractivity contribution is 0.0839. The lowest BCUT2D eigenvalue weighted by Gasteiger charge is -2.21.